The third-order valence-electron chi connectivity index (χ3n) is 7.95. The number of hydrogen-bond acceptors (Lipinski definition) is 6. The Morgan fingerprint density at radius 1 is 1.11 bits per heavy atom. The SMILES string of the molecule is Cc1cc(C)c2cc(CN(CC3CCCO3)C(c3nnnn3C3CCCCC3)C(C)C)c(=O)[nH]c2c1. The Kier molecular flexibility index (Phi) is 7.53. The number of rotatable bonds is 8. The van der Waals surface area contributed by atoms with E-state index in [0.29, 0.717) is 12.6 Å². The van der Waals surface area contributed by atoms with Crippen LogP contribution in [-0.2, 0) is 11.3 Å². The van der Waals surface area contributed by atoms with Crippen LogP contribution in [0, 0.1) is 19.8 Å². The van der Waals surface area contributed by atoms with Gasteiger partial charge in [0.1, 0.15) is 0 Å². The highest BCUT2D eigenvalue weighted by Crippen LogP contribution is 2.34. The molecule has 3 heterocycles. The van der Waals surface area contributed by atoms with Crippen molar-refractivity contribution in [2.45, 2.75) is 97.4 Å². The van der Waals surface area contributed by atoms with Crippen molar-refractivity contribution in [3.05, 3.63) is 51.1 Å². The molecule has 36 heavy (non-hydrogen) atoms. The molecular formula is C28H40N6O2. The highest BCUT2D eigenvalue weighted by Gasteiger charge is 2.34. The van der Waals surface area contributed by atoms with Gasteiger partial charge in [0.25, 0.3) is 5.56 Å². The van der Waals surface area contributed by atoms with Crippen LogP contribution in [0.15, 0.2) is 23.0 Å². The van der Waals surface area contributed by atoms with Crippen molar-refractivity contribution >= 4 is 10.9 Å². The fourth-order valence-corrected chi connectivity index (χ4v) is 6.24. The average Bonchev–Trinajstić information content (AvgIpc) is 3.53. The summed E-state index contributed by atoms with van der Waals surface area (Å²) in [5.74, 6) is 1.18. The zero-order chi connectivity index (χ0) is 25.2. The molecule has 2 fully saturated rings. The summed E-state index contributed by atoms with van der Waals surface area (Å²) in [4.78, 5) is 18.8. The summed E-state index contributed by atoms with van der Waals surface area (Å²) in [6.45, 7) is 10.7. The maximum atomic E-state index is 13.3. The Morgan fingerprint density at radius 3 is 2.64 bits per heavy atom. The van der Waals surface area contributed by atoms with E-state index in [2.05, 4.69) is 69.9 Å². The summed E-state index contributed by atoms with van der Waals surface area (Å²) >= 11 is 0. The number of benzene rings is 1. The number of pyridine rings is 1. The molecule has 0 amide bonds. The molecule has 8 nitrogen and oxygen atoms in total. The number of aromatic amines is 1. The van der Waals surface area contributed by atoms with Gasteiger partial charge in [-0.2, -0.15) is 0 Å². The number of aromatic nitrogens is 5. The summed E-state index contributed by atoms with van der Waals surface area (Å²) in [5.41, 5.74) is 3.97. The van der Waals surface area contributed by atoms with Crippen LogP contribution in [0.1, 0.15) is 93.4 Å². The Hall–Kier alpha value is -2.58. The fraction of sp³-hybridized carbons (Fsp3) is 0.643. The molecule has 2 atom stereocenters. The molecule has 1 aliphatic carbocycles. The second-order valence-corrected chi connectivity index (χ2v) is 11.2. The molecule has 194 valence electrons. The minimum atomic E-state index is -0.0285. The lowest BCUT2D eigenvalue weighted by molar-refractivity contribution is 0.0375. The topological polar surface area (TPSA) is 88.9 Å². The van der Waals surface area contributed by atoms with Gasteiger partial charge >= 0.3 is 0 Å². The van der Waals surface area contributed by atoms with Gasteiger partial charge in [0, 0.05) is 36.2 Å². The van der Waals surface area contributed by atoms with Crippen LogP contribution in [-0.4, -0.2) is 49.3 Å². The fourth-order valence-electron chi connectivity index (χ4n) is 6.24. The number of nitrogens with one attached hydrogen (secondary N) is 1. The molecule has 1 N–H and O–H groups in total. The van der Waals surface area contributed by atoms with Crippen molar-refractivity contribution in [3.8, 4) is 0 Å². The van der Waals surface area contributed by atoms with Crippen LogP contribution in [0.4, 0.5) is 0 Å². The van der Waals surface area contributed by atoms with Crippen molar-refractivity contribution in [1.82, 2.24) is 30.1 Å². The quantitative estimate of drug-likeness (QED) is 0.475. The van der Waals surface area contributed by atoms with Gasteiger partial charge in [-0.05, 0) is 79.1 Å². The average molecular weight is 493 g/mol. The number of tetrazole rings is 1. The summed E-state index contributed by atoms with van der Waals surface area (Å²) in [6, 6.07) is 6.63. The van der Waals surface area contributed by atoms with E-state index in [0.717, 1.165) is 66.7 Å². The second-order valence-electron chi connectivity index (χ2n) is 11.2. The van der Waals surface area contributed by atoms with E-state index in [1.165, 1.54) is 24.8 Å². The first-order chi connectivity index (χ1) is 17.4. The normalized spacial score (nSPS) is 20.1. The van der Waals surface area contributed by atoms with Crippen LogP contribution in [0.3, 0.4) is 0 Å². The zero-order valence-electron chi connectivity index (χ0n) is 22.2. The molecule has 2 aliphatic rings. The summed E-state index contributed by atoms with van der Waals surface area (Å²) in [7, 11) is 0. The number of hydrogen-bond donors (Lipinski definition) is 1. The predicted octanol–water partition coefficient (Wildman–Crippen LogP) is 5.01. The first kappa shape index (κ1) is 25.1. The van der Waals surface area contributed by atoms with Gasteiger partial charge in [0.15, 0.2) is 5.82 Å². The monoisotopic (exact) mass is 492 g/mol. The molecular weight excluding hydrogens is 452 g/mol. The van der Waals surface area contributed by atoms with Crippen LogP contribution < -0.4 is 5.56 Å². The van der Waals surface area contributed by atoms with Crippen LogP contribution in [0.25, 0.3) is 10.9 Å². The van der Waals surface area contributed by atoms with Gasteiger partial charge in [-0.3, -0.25) is 9.69 Å². The molecule has 0 spiro atoms. The van der Waals surface area contributed by atoms with E-state index in [4.69, 9.17) is 4.74 Å². The molecule has 3 aromatic rings. The van der Waals surface area contributed by atoms with Crippen molar-refractivity contribution < 1.29 is 4.74 Å². The first-order valence-electron chi connectivity index (χ1n) is 13.7. The van der Waals surface area contributed by atoms with E-state index in [1.54, 1.807) is 0 Å². The Bertz CT molecular complexity index is 1240. The molecule has 0 bridgehead atoms. The molecule has 2 aromatic heterocycles. The van der Waals surface area contributed by atoms with Gasteiger partial charge in [-0.1, -0.05) is 39.2 Å². The number of fused-ring (bicyclic) bond motifs is 1. The molecule has 1 aliphatic heterocycles. The van der Waals surface area contributed by atoms with Crippen LogP contribution >= 0.6 is 0 Å². The Balaban J connectivity index is 1.53. The van der Waals surface area contributed by atoms with Crippen molar-refractivity contribution in [3.63, 3.8) is 0 Å². The second kappa shape index (κ2) is 10.8. The summed E-state index contributed by atoms with van der Waals surface area (Å²) in [5, 5.41) is 14.3. The van der Waals surface area contributed by atoms with E-state index in [9.17, 15) is 4.79 Å². The Morgan fingerprint density at radius 2 is 1.92 bits per heavy atom. The van der Waals surface area contributed by atoms with Gasteiger partial charge in [0.2, 0.25) is 0 Å². The van der Waals surface area contributed by atoms with E-state index < -0.39 is 0 Å². The minimum absolute atomic E-state index is 0.0136. The summed E-state index contributed by atoms with van der Waals surface area (Å²) in [6.07, 6.45) is 8.27. The van der Waals surface area contributed by atoms with E-state index in [1.807, 2.05) is 6.07 Å². The number of aryl methyl sites for hydroxylation is 2. The number of ether oxygens (including phenoxy) is 1. The first-order valence-corrected chi connectivity index (χ1v) is 13.7. The number of nitrogens with zero attached hydrogens (tertiary/aromatic N) is 5. The third kappa shape index (κ3) is 5.25. The van der Waals surface area contributed by atoms with Crippen molar-refractivity contribution in [2.24, 2.45) is 5.92 Å². The minimum Gasteiger partial charge on any atom is -0.377 e. The van der Waals surface area contributed by atoms with E-state index >= 15 is 0 Å². The highest BCUT2D eigenvalue weighted by atomic mass is 16.5. The number of H-pyrrole nitrogens is 1. The van der Waals surface area contributed by atoms with Crippen molar-refractivity contribution in [1.29, 1.82) is 0 Å². The lowest BCUT2D eigenvalue weighted by atomic mass is 9.94. The van der Waals surface area contributed by atoms with Crippen LogP contribution in [0.5, 0.6) is 0 Å². The maximum Gasteiger partial charge on any atom is 0.252 e. The zero-order valence-corrected chi connectivity index (χ0v) is 22.2. The third-order valence-corrected chi connectivity index (χ3v) is 7.95. The lowest BCUT2D eigenvalue weighted by Crippen LogP contribution is -2.40. The molecule has 8 heteroatoms. The van der Waals surface area contributed by atoms with E-state index in [-0.39, 0.29) is 23.6 Å². The molecule has 1 aromatic carbocycles. The predicted molar refractivity (Wildman–Crippen MR) is 141 cm³/mol. The smallest absolute Gasteiger partial charge is 0.252 e. The molecule has 1 saturated carbocycles. The lowest BCUT2D eigenvalue weighted by Gasteiger charge is -2.36. The van der Waals surface area contributed by atoms with Gasteiger partial charge in [-0.15, -0.1) is 5.10 Å². The van der Waals surface area contributed by atoms with Crippen LogP contribution in [0.2, 0.25) is 0 Å². The van der Waals surface area contributed by atoms with Gasteiger partial charge in [-0.25, -0.2) is 4.68 Å². The Labute approximate surface area is 213 Å². The largest absolute Gasteiger partial charge is 0.377 e. The van der Waals surface area contributed by atoms with Gasteiger partial charge < -0.3 is 9.72 Å². The summed E-state index contributed by atoms with van der Waals surface area (Å²) < 4.78 is 8.15. The highest BCUT2D eigenvalue weighted by molar-refractivity contribution is 5.83. The molecule has 5 rings (SSSR count). The maximum absolute atomic E-state index is 13.3. The molecule has 0 radical (unpaired) electrons. The molecule has 1 saturated heterocycles. The standard InChI is InChI=1S/C28H40N6O2/c1-18(2)26(27-30-31-32-34(27)22-9-6-5-7-10-22)33(17-23-11-8-12-36-23)16-21-15-24-20(4)13-19(3)14-25(24)29-28(21)35/h13-15,18,22-23,26H,5-12,16-17H2,1-4H3,(H,29,35). The van der Waals surface area contributed by atoms with Gasteiger partial charge in [0.05, 0.1) is 18.2 Å². The molecule has 2 unspecified atom stereocenters. The van der Waals surface area contributed by atoms with Crippen molar-refractivity contribution in [2.75, 3.05) is 13.2 Å².